The molecule has 1 aliphatic heterocycles. The van der Waals surface area contributed by atoms with Gasteiger partial charge in [0.1, 0.15) is 5.82 Å². The largest absolute Gasteiger partial charge is 0.333 e. The second kappa shape index (κ2) is 3.61. The second-order valence-electron chi connectivity index (χ2n) is 4.65. The van der Waals surface area contributed by atoms with Gasteiger partial charge < -0.3 is 10.3 Å². The number of hydrogen-bond acceptors (Lipinski definition) is 3. The van der Waals surface area contributed by atoms with Gasteiger partial charge in [0.05, 0.1) is 6.54 Å². The lowest BCUT2D eigenvalue weighted by molar-refractivity contribution is 0.0438. The summed E-state index contributed by atoms with van der Waals surface area (Å²) in [6.07, 6.45) is 6.61. The summed E-state index contributed by atoms with van der Waals surface area (Å²) in [5.74, 6) is 1.94. The average Bonchev–Trinajstić information content (AvgIpc) is 2.64. The number of fused-ring (bicyclic) bond motifs is 1. The molecule has 15 heavy (non-hydrogen) atoms. The molecule has 1 fully saturated rings. The fraction of sp³-hybridized carbons (Fsp3) is 0.727. The van der Waals surface area contributed by atoms with Gasteiger partial charge in [0.15, 0.2) is 0 Å². The Kier molecular flexibility index (Phi) is 2.25. The molecule has 4 heteroatoms. The molecule has 2 unspecified atom stereocenters. The van der Waals surface area contributed by atoms with Gasteiger partial charge in [0.2, 0.25) is 0 Å². The summed E-state index contributed by atoms with van der Waals surface area (Å²) in [5, 5.41) is 0. The van der Waals surface area contributed by atoms with Crippen LogP contribution in [0.25, 0.3) is 0 Å². The van der Waals surface area contributed by atoms with Crippen LogP contribution in [-0.4, -0.2) is 33.6 Å². The molecule has 0 saturated heterocycles. The van der Waals surface area contributed by atoms with Gasteiger partial charge in [-0.3, -0.25) is 4.90 Å². The summed E-state index contributed by atoms with van der Waals surface area (Å²) < 4.78 is 2.26. The highest BCUT2D eigenvalue weighted by atomic mass is 15.3. The topological polar surface area (TPSA) is 47.1 Å². The zero-order valence-electron chi connectivity index (χ0n) is 8.97. The Hall–Kier alpha value is -0.870. The van der Waals surface area contributed by atoms with E-state index >= 15 is 0 Å². The van der Waals surface area contributed by atoms with Crippen LogP contribution in [0.3, 0.4) is 0 Å². The first kappa shape index (κ1) is 9.36. The van der Waals surface area contributed by atoms with E-state index in [0.717, 1.165) is 38.1 Å². The monoisotopic (exact) mass is 206 g/mol. The maximum Gasteiger partial charge on any atom is 0.122 e. The van der Waals surface area contributed by atoms with Crippen molar-refractivity contribution in [3.8, 4) is 0 Å². The smallest absolute Gasteiger partial charge is 0.122 e. The summed E-state index contributed by atoms with van der Waals surface area (Å²) in [4.78, 5) is 6.95. The van der Waals surface area contributed by atoms with E-state index in [-0.39, 0.29) is 0 Å². The van der Waals surface area contributed by atoms with Crippen LogP contribution in [0.1, 0.15) is 18.7 Å². The summed E-state index contributed by atoms with van der Waals surface area (Å²) >= 11 is 0. The number of hydrogen-bond donors (Lipinski definition) is 1. The molecule has 0 radical (unpaired) electrons. The van der Waals surface area contributed by atoms with Crippen LogP contribution in [0.4, 0.5) is 0 Å². The lowest BCUT2D eigenvalue weighted by Crippen LogP contribution is -2.52. The first-order valence-corrected chi connectivity index (χ1v) is 5.82. The van der Waals surface area contributed by atoms with Gasteiger partial charge in [-0.25, -0.2) is 4.98 Å². The van der Waals surface area contributed by atoms with E-state index in [9.17, 15) is 0 Å². The molecular weight excluding hydrogens is 188 g/mol. The van der Waals surface area contributed by atoms with Crippen molar-refractivity contribution < 1.29 is 0 Å². The molecule has 2 aliphatic rings. The highest BCUT2D eigenvalue weighted by molar-refractivity contribution is 4.99. The third-order valence-corrected chi connectivity index (χ3v) is 3.92. The Balaban J connectivity index is 1.71. The predicted octanol–water partition coefficient (Wildman–Crippen LogP) is 0.436. The van der Waals surface area contributed by atoms with Crippen molar-refractivity contribution in [2.45, 2.75) is 32.0 Å². The minimum absolute atomic E-state index is 0.723. The molecule has 1 aliphatic carbocycles. The van der Waals surface area contributed by atoms with E-state index in [1.54, 1.807) is 0 Å². The van der Waals surface area contributed by atoms with Crippen LogP contribution in [-0.2, 0) is 13.1 Å². The van der Waals surface area contributed by atoms with E-state index in [1.165, 1.54) is 18.7 Å². The van der Waals surface area contributed by atoms with Crippen molar-refractivity contribution in [3.63, 3.8) is 0 Å². The van der Waals surface area contributed by atoms with Crippen molar-refractivity contribution in [1.82, 2.24) is 14.5 Å². The fourth-order valence-corrected chi connectivity index (χ4v) is 2.78. The molecule has 1 saturated carbocycles. The first-order valence-electron chi connectivity index (χ1n) is 5.82. The molecule has 1 aromatic heterocycles. The Bertz CT molecular complexity index is 344. The summed E-state index contributed by atoms with van der Waals surface area (Å²) in [5.41, 5.74) is 5.76. The van der Waals surface area contributed by atoms with Gasteiger partial charge in [0.25, 0.3) is 0 Å². The molecule has 2 heterocycles. The normalized spacial score (nSPS) is 31.0. The molecule has 3 rings (SSSR count). The van der Waals surface area contributed by atoms with E-state index in [4.69, 9.17) is 5.73 Å². The number of nitrogens with two attached hydrogens (primary N) is 1. The third-order valence-electron chi connectivity index (χ3n) is 3.92. The van der Waals surface area contributed by atoms with Crippen molar-refractivity contribution in [2.75, 3.05) is 13.1 Å². The van der Waals surface area contributed by atoms with E-state index in [2.05, 4.69) is 20.6 Å². The van der Waals surface area contributed by atoms with Crippen LogP contribution < -0.4 is 5.73 Å². The molecule has 2 N–H and O–H groups in total. The lowest BCUT2D eigenvalue weighted by atomic mass is 9.78. The van der Waals surface area contributed by atoms with Crippen molar-refractivity contribution in [3.05, 3.63) is 18.2 Å². The Morgan fingerprint density at radius 2 is 2.33 bits per heavy atom. The first-order chi connectivity index (χ1) is 7.38. The quantitative estimate of drug-likeness (QED) is 0.763. The highest BCUT2D eigenvalue weighted by Gasteiger charge is 2.35. The molecule has 0 aromatic carbocycles. The zero-order valence-corrected chi connectivity index (χ0v) is 8.97. The fourth-order valence-electron chi connectivity index (χ4n) is 2.78. The second-order valence-corrected chi connectivity index (χ2v) is 4.65. The molecule has 82 valence electrons. The molecular formula is C11H18N4. The Labute approximate surface area is 90.1 Å². The van der Waals surface area contributed by atoms with Gasteiger partial charge in [-0.2, -0.15) is 0 Å². The van der Waals surface area contributed by atoms with Gasteiger partial charge in [-0.15, -0.1) is 0 Å². The Morgan fingerprint density at radius 3 is 3.07 bits per heavy atom. The zero-order chi connectivity index (χ0) is 10.3. The number of nitrogens with zero attached hydrogens (tertiary/aromatic N) is 3. The number of aromatic nitrogens is 2. The standard InChI is InChI=1S/C11H18N4/c12-7-9-1-2-10(9)15-6-5-14-4-3-13-11(14)8-15/h3-4,9-10H,1-2,5-8,12H2. The van der Waals surface area contributed by atoms with E-state index < -0.39 is 0 Å². The maximum absolute atomic E-state index is 5.76. The van der Waals surface area contributed by atoms with Crippen LogP contribution in [0, 0.1) is 5.92 Å². The lowest BCUT2D eigenvalue weighted by Gasteiger charge is -2.45. The van der Waals surface area contributed by atoms with Crippen molar-refractivity contribution in [2.24, 2.45) is 11.7 Å². The SMILES string of the molecule is NCC1CCC1N1CCn2ccnc2C1. The molecule has 2 atom stereocenters. The molecule has 1 aromatic rings. The van der Waals surface area contributed by atoms with Crippen LogP contribution >= 0.6 is 0 Å². The van der Waals surface area contributed by atoms with Gasteiger partial charge in [0, 0.05) is 31.5 Å². The average molecular weight is 206 g/mol. The predicted molar refractivity (Wildman–Crippen MR) is 58.2 cm³/mol. The van der Waals surface area contributed by atoms with Gasteiger partial charge in [-0.05, 0) is 25.3 Å². The highest BCUT2D eigenvalue weighted by Crippen LogP contribution is 2.32. The summed E-state index contributed by atoms with van der Waals surface area (Å²) in [7, 11) is 0. The van der Waals surface area contributed by atoms with Crippen LogP contribution in [0.5, 0.6) is 0 Å². The molecule has 0 amide bonds. The van der Waals surface area contributed by atoms with Crippen LogP contribution in [0.15, 0.2) is 12.4 Å². The maximum atomic E-state index is 5.76. The van der Waals surface area contributed by atoms with Gasteiger partial charge >= 0.3 is 0 Å². The third kappa shape index (κ3) is 1.48. The van der Waals surface area contributed by atoms with Crippen LogP contribution in [0.2, 0.25) is 0 Å². The minimum atomic E-state index is 0.723. The molecule has 0 spiro atoms. The number of rotatable bonds is 2. The van der Waals surface area contributed by atoms with Crippen molar-refractivity contribution in [1.29, 1.82) is 0 Å². The van der Waals surface area contributed by atoms with Gasteiger partial charge in [-0.1, -0.05) is 0 Å². The minimum Gasteiger partial charge on any atom is -0.333 e. The molecule has 0 bridgehead atoms. The van der Waals surface area contributed by atoms with Crippen molar-refractivity contribution >= 4 is 0 Å². The summed E-state index contributed by atoms with van der Waals surface area (Å²) in [6.45, 7) is 4.09. The number of imidazole rings is 1. The van der Waals surface area contributed by atoms with E-state index in [1.807, 2.05) is 6.20 Å². The van der Waals surface area contributed by atoms with E-state index in [0.29, 0.717) is 0 Å². The summed E-state index contributed by atoms with van der Waals surface area (Å²) in [6, 6.07) is 0.723. The Morgan fingerprint density at radius 1 is 1.40 bits per heavy atom. The molecule has 4 nitrogen and oxygen atoms in total.